The summed E-state index contributed by atoms with van der Waals surface area (Å²) in [4.78, 5) is 12.6. The molecule has 2 aromatic carbocycles. The third-order valence-corrected chi connectivity index (χ3v) is 7.13. The molecule has 1 aliphatic rings. The highest BCUT2D eigenvalue weighted by Crippen LogP contribution is 2.26. The van der Waals surface area contributed by atoms with Crippen LogP contribution in [0.2, 0.25) is 0 Å². The number of hydrogen-bond acceptors (Lipinski definition) is 7. The first-order valence-electron chi connectivity index (χ1n) is 10.6. The smallest absolute Gasteiger partial charge is 0.309 e. The van der Waals surface area contributed by atoms with E-state index in [-0.39, 0.29) is 43.1 Å². The van der Waals surface area contributed by atoms with Crippen molar-refractivity contribution in [1.82, 2.24) is 4.31 Å². The lowest BCUT2D eigenvalue weighted by Crippen LogP contribution is -2.40. The van der Waals surface area contributed by atoms with E-state index >= 15 is 0 Å². The van der Waals surface area contributed by atoms with E-state index in [1.807, 2.05) is 6.92 Å². The van der Waals surface area contributed by atoms with Gasteiger partial charge in [0.25, 0.3) is 0 Å². The molecule has 1 aliphatic heterocycles. The summed E-state index contributed by atoms with van der Waals surface area (Å²) in [7, 11) is -2.01. The molecule has 0 aromatic heterocycles. The number of carbonyl (C=O) groups excluding carboxylic acids is 1. The molecule has 1 fully saturated rings. The van der Waals surface area contributed by atoms with Crippen LogP contribution in [0.1, 0.15) is 19.8 Å². The molecule has 0 spiro atoms. The summed E-state index contributed by atoms with van der Waals surface area (Å²) >= 11 is 0. The number of esters is 1. The average Bonchev–Trinajstić information content (AvgIpc) is 2.83. The van der Waals surface area contributed by atoms with Crippen molar-refractivity contribution in [2.45, 2.75) is 24.7 Å². The number of carbonyl (C=O) groups is 1. The Hall–Kier alpha value is -2.78. The number of sulfonamides is 1. The summed E-state index contributed by atoms with van der Waals surface area (Å²) in [6.07, 6.45) is 0.850. The van der Waals surface area contributed by atoms with E-state index in [0.717, 1.165) is 5.75 Å². The minimum atomic E-state index is -3.60. The fourth-order valence-electron chi connectivity index (χ4n) is 3.45. The average molecular weight is 464 g/mol. The van der Waals surface area contributed by atoms with Gasteiger partial charge in [0.1, 0.15) is 30.5 Å². The third-order valence-electron chi connectivity index (χ3n) is 5.22. The minimum Gasteiger partial charge on any atom is -0.497 e. The SMILES string of the molecule is CCOc1ccc(S(=O)(=O)N2CCC(C(=O)OCCOc3ccc(OC)cc3)CC2)cc1. The molecule has 0 bridgehead atoms. The van der Waals surface area contributed by atoms with Gasteiger partial charge in [-0.3, -0.25) is 4.79 Å². The van der Waals surface area contributed by atoms with Crippen LogP contribution in [-0.4, -0.2) is 58.7 Å². The van der Waals surface area contributed by atoms with Gasteiger partial charge < -0.3 is 18.9 Å². The van der Waals surface area contributed by atoms with E-state index < -0.39 is 10.0 Å². The van der Waals surface area contributed by atoms with Gasteiger partial charge in [0.15, 0.2) is 0 Å². The van der Waals surface area contributed by atoms with Crippen molar-refractivity contribution in [3.8, 4) is 17.2 Å². The number of hydrogen-bond donors (Lipinski definition) is 0. The summed E-state index contributed by atoms with van der Waals surface area (Å²) in [5.74, 6) is 1.39. The van der Waals surface area contributed by atoms with Crippen LogP contribution in [0.5, 0.6) is 17.2 Å². The van der Waals surface area contributed by atoms with Crippen molar-refractivity contribution in [1.29, 1.82) is 0 Å². The molecular weight excluding hydrogens is 434 g/mol. The molecule has 2 aromatic rings. The Morgan fingerprint density at radius 1 is 0.906 bits per heavy atom. The number of piperidine rings is 1. The molecule has 174 valence electrons. The van der Waals surface area contributed by atoms with Crippen LogP contribution in [0.3, 0.4) is 0 Å². The third kappa shape index (κ3) is 6.14. The molecule has 0 N–H and O–H groups in total. The molecule has 8 nitrogen and oxygen atoms in total. The van der Waals surface area contributed by atoms with Crippen molar-refractivity contribution < 1.29 is 32.2 Å². The Kier molecular flexibility index (Phi) is 8.35. The van der Waals surface area contributed by atoms with Crippen LogP contribution in [0.25, 0.3) is 0 Å². The Morgan fingerprint density at radius 3 is 2.06 bits per heavy atom. The molecule has 0 radical (unpaired) electrons. The highest BCUT2D eigenvalue weighted by atomic mass is 32.2. The van der Waals surface area contributed by atoms with Gasteiger partial charge >= 0.3 is 5.97 Å². The van der Waals surface area contributed by atoms with Gasteiger partial charge in [-0.1, -0.05) is 0 Å². The van der Waals surface area contributed by atoms with Gasteiger partial charge in [0, 0.05) is 13.1 Å². The molecule has 32 heavy (non-hydrogen) atoms. The monoisotopic (exact) mass is 463 g/mol. The summed E-state index contributed by atoms with van der Waals surface area (Å²) in [5.41, 5.74) is 0. The quantitative estimate of drug-likeness (QED) is 0.395. The Labute approximate surface area is 189 Å². The van der Waals surface area contributed by atoms with Gasteiger partial charge in [0.2, 0.25) is 10.0 Å². The second-order valence-corrected chi connectivity index (χ2v) is 9.21. The van der Waals surface area contributed by atoms with Crippen molar-refractivity contribution >= 4 is 16.0 Å². The van der Waals surface area contributed by atoms with Crippen LogP contribution >= 0.6 is 0 Å². The van der Waals surface area contributed by atoms with Gasteiger partial charge in [-0.15, -0.1) is 0 Å². The van der Waals surface area contributed by atoms with E-state index in [4.69, 9.17) is 18.9 Å². The van der Waals surface area contributed by atoms with E-state index in [0.29, 0.717) is 30.9 Å². The first-order chi connectivity index (χ1) is 15.4. The maximum atomic E-state index is 12.9. The molecule has 1 saturated heterocycles. The highest BCUT2D eigenvalue weighted by Gasteiger charge is 2.32. The molecule has 0 amide bonds. The van der Waals surface area contributed by atoms with E-state index in [1.165, 1.54) is 4.31 Å². The minimum absolute atomic E-state index is 0.134. The van der Waals surface area contributed by atoms with Gasteiger partial charge in [-0.05, 0) is 68.3 Å². The maximum absolute atomic E-state index is 12.9. The second kappa shape index (κ2) is 11.2. The molecular formula is C23H29NO7S. The predicted molar refractivity (Wildman–Crippen MR) is 119 cm³/mol. The lowest BCUT2D eigenvalue weighted by Gasteiger charge is -2.30. The van der Waals surface area contributed by atoms with Crippen LogP contribution in [0, 0.1) is 5.92 Å². The number of methoxy groups -OCH3 is 1. The summed E-state index contributed by atoms with van der Waals surface area (Å²) in [6.45, 7) is 3.31. The number of rotatable bonds is 10. The van der Waals surface area contributed by atoms with E-state index in [2.05, 4.69) is 0 Å². The molecule has 0 saturated carbocycles. The maximum Gasteiger partial charge on any atom is 0.309 e. The Morgan fingerprint density at radius 2 is 1.47 bits per heavy atom. The predicted octanol–water partition coefficient (Wildman–Crippen LogP) is 3.12. The lowest BCUT2D eigenvalue weighted by atomic mass is 9.98. The standard InChI is InChI=1S/C23H29NO7S/c1-3-29-20-8-10-22(11-9-20)32(26,27)24-14-12-18(13-15-24)23(25)31-17-16-30-21-6-4-19(28-2)5-7-21/h4-11,18H,3,12-17H2,1-2H3. The first-order valence-corrected chi connectivity index (χ1v) is 12.0. The molecule has 0 atom stereocenters. The lowest BCUT2D eigenvalue weighted by molar-refractivity contribution is -0.150. The van der Waals surface area contributed by atoms with E-state index in [1.54, 1.807) is 55.6 Å². The first kappa shape index (κ1) is 23.9. The van der Waals surface area contributed by atoms with Crippen molar-refractivity contribution in [3.05, 3.63) is 48.5 Å². The van der Waals surface area contributed by atoms with Crippen molar-refractivity contribution in [3.63, 3.8) is 0 Å². The fraction of sp³-hybridized carbons (Fsp3) is 0.435. The summed E-state index contributed by atoms with van der Waals surface area (Å²) < 4.78 is 48.5. The highest BCUT2D eigenvalue weighted by molar-refractivity contribution is 7.89. The zero-order chi connectivity index (χ0) is 23.0. The van der Waals surface area contributed by atoms with Gasteiger partial charge in [-0.25, -0.2) is 8.42 Å². The van der Waals surface area contributed by atoms with Gasteiger partial charge in [0.05, 0.1) is 24.5 Å². The van der Waals surface area contributed by atoms with Crippen molar-refractivity contribution in [2.75, 3.05) is 40.0 Å². The summed E-state index contributed by atoms with van der Waals surface area (Å²) in [5, 5.41) is 0. The number of benzene rings is 2. The van der Waals surface area contributed by atoms with Crippen LogP contribution in [0.15, 0.2) is 53.4 Å². The van der Waals surface area contributed by atoms with E-state index in [9.17, 15) is 13.2 Å². The zero-order valence-electron chi connectivity index (χ0n) is 18.4. The number of ether oxygens (including phenoxy) is 4. The molecule has 9 heteroatoms. The second-order valence-electron chi connectivity index (χ2n) is 7.27. The zero-order valence-corrected chi connectivity index (χ0v) is 19.2. The molecule has 0 aliphatic carbocycles. The van der Waals surface area contributed by atoms with Gasteiger partial charge in [-0.2, -0.15) is 4.31 Å². The Bertz CT molecular complexity index is 966. The van der Waals surface area contributed by atoms with Crippen molar-refractivity contribution in [2.24, 2.45) is 5.92 Å². The topological polar surface area (TPSA) is 91.4 Å². The summed E-state index contributed by atoms with van der Waals surface area (Å²) in [6, 6.07) is 13.5. The fourth-order valence-corrected chi connectivity index (χ4v) is 4.92. The Balaban J connectivity index is 1.42. The van der Waals surface area contributed by atoms with Crippen LogP contribution in [-0.2, 0) is 19.6 Å². The molecule has 1 heterocycles. The number of nitrogens with zero attached hydrogens (tertiary/aromatic N) is 1. The normalized spacial score (nSPS) is 15.2. The molecule has 0 unspecified atom stereocenters. The van der Waals surface area contributed by atoms with Crippen LogP contribution < -0.4 is 14.2 Å². The van der Waals surface area contributed by atoms with Crippen LogP contribution in [0.4, 0.5) is 0 Å². The largest absolute Gasteiger partial charge is 0.497 e. The molecule has 3 rings (SSSR count).